The molecule has 2 rings (SSSR count). The number of aryl methyl sites for hydroxylation is 1. The smallest absolute Gasteiger partial charge is 0.0945 e. The van der Waals surface area contributed by atoms with Gasteiger partial charge >= 0.3 is 0 Å². The van der Waals surface area contributed by atoms with Gasteiger partial charge in [0, 0.05) is 31.6 Å². The van der Waals surface area contributed by atoms with Gasteiger partial charge in [0.2, 0.25) is 0 Å². The van der Waals surface area contributed by atoms with E-state index in [1.807, 2.05) is 18.7 Å². The molecule has 1 aliphatic heterocycles. The number of hydrogen-bond donors (Lipinski definition) is 1. The molecule has 84 valence electrons. The molecule has 4 nitrogen and oxygen atoms in total. The molecule has 15 heavy (non-hydrogen) atoms. The lowest BCUT2D eigenvalue weighted by Crippen LogP contribution is -2.35. The third-order valence-electron chi connectivity index (χ3n) is 2.94. The summed E-state index contributed by atoms with van der Waals surface area (Å²) in [5.74, 6) is 0. The van der Waals surface area contributed by atoms with Crippen LogP contribution in [-0.4, -0.2) is 34.8 Å². The van der Waals surface area contributed by atoms with Crippen LogP contribution in [0.25, 0.3) is 0 Å². The standard InChI is InChI=1S/C11H19N3O/c1-10-11(3-8-15-10)13-4-2-6-14-7-5-12-9-14/h5,7,9-11,13H,2-4,6,8H2,1H3. The van der Waals surface area contributed by atoms with Gasteiger partial charge in [0.15, 0.2) is 0 Å². The number of rotatable bonds is 5. The van der Waals surface area contributed by atoms with Crippen molar-refractivity contribution in [2.75, 3.05) is 13.2 Å². The summed E-state index contributed by atoms with van der Waals surface area (Å²) < 4.78 is 7.60. The Morgan fingerprint density at radius 2 is 2.53 bits per heavy atom. The van der Waals surface area contributed by atoms with Gasteiger partial charge in [0.1, 0.15) is 0 Å². The first-order valence-electron chi connectivity index (χ1n) is 5.67. The zero-order valence-electron chi connectivity index (χ0n) is 9.22. The molecule has 0 amide bonds. The minimum atomic E-state index is 0.373. The number of aromatic nitrogens is 2. The highest BCUT2D eigenvalue weighted by atomic mass is 16.5. The lowest BCUT2D eigenvalue weighted by atomic mass is 10.1. The quantitative estimate of drug-likeness (QED) is 0.736. The lowest BCUT2D eigenvalue weighted by molar-refractivity contribution is 0.113. The topological polar surface area (TPSA) is 39.1 Å². The molecule has 0 bridgehead atoms. The van der Waals surface area contributed by atoms with Gasteiger partial charge < -0.3 is 14.6 Å². The van der Waals surface area contributed by atoms with E-state index in [9.17, 15) is 0 Å². The van der Waals surface area contributed by atoms with E-state index < -0.39 is 0 Å². The van der Waals surface area contributed by atoms with Gasteiger partial charge in [-0.3, -0.25) is 0 Å². The first-order chi connectivity index (χ1) is 7.36. The first-order valence-corrected chi connectivity index (χ1v) is 5.67. The van der Waals surface area contributed by atoms with Gasteiger partial charge in [-0.1, -0.05) is 0 Å². The van der Waals surface area contributed by atoms with E-state index in [4.69, 9.17) is 4.74 Å². The fourth-order valence-corrected chi connectivity index (χ4v) is 1.97. The summed E-state index contributed by atoms with van der Waals surface area (Å²) in [7, 11) is 0. The Hall–Kier alpha value is -0.870. The molecule has 1 saturated heterocycles. The molecule has 4 heteroatoms. The monoisotopic (exact) mass is 209 g/mol. The highest BCUT2D eigenvalue weighted by molar-refractivity contribution is 4.79. The summed E-state index contributed by atoms with van der Waals surface area (Å²) in [6.45, 7) is 5.13. The second kappa shape index (κ2) is 5.28. The Kier molecular flexibility index (Phi) is 3.75. The SMILES string of the molecule is CC1OCCC1NCCCn1ccnc1. The maximum atomic E-state index is 5.49. The largest absolute Gasteiger partial charge is 0.377 e. The molecule has 0 radical (unpaired) electrons. The molecule has 1 N–H and O–H groups in total. The molecule has 0 spiro atoms. The van der Waals surface area contributed by atoms with E-state index in [2.05, 4.69) is 21.8 Å². The molecule has 0 aliphatic carbocycles. The number of nitrogens with one attached hydrogen (secondary N) is 1. The van der Waals surface area contributed by atoms with Crippen LogP contribution >= 0.6 is 0 Å². The lowest BCUT2D eigenvalue weighted by Gasteiger charge is -2.15. The minimum Gasteiger partial charge on any atom is -0.377 e. The Bertz CT molecular complexity index is 273. The van der Waals surface area contributed by atoms with Crippen LogP contribution in [0.5, 0.6) is 0 Å². The Labute approximate surface area is 90.6 Å². The van der Waals surface area contributed by atoms with E-state index >= 15 is 0 Å². The van der Waals surface area contributed by atoms with Crippen molar-refractivity contribution in [2.45, 2.75) is 38.5 Å². The van der Waals surface area contributed by atoms with E-state index in [-0.39, 0.29) is 0 Å². The highest BCUT2D eigenvalue weighted by Crippen LogP contribution is 2.12. The Balaban J connectivity index is 1.59. The van der Waals surface area contributed by atoms with E-state index in [1.54, 1.807) is 0 Å². The predicted molar refractivity (Wildman–Crippen MR) is 58.7 cm³/mol. The van der Waals surface area contributed by atoms with Gasteiger partial charge in [0.05, 0.1) is 12.4 Å². The number of nitrogens with zero attached hydrogens (tertiary/aromatic N) is 2. The van der Waals surface area contributed by atoms with Gasteiger partial charge in [-0.05, 0) is 26.3 Å². The van der Waals surface area contributed by atoms with Gasteiger partial charge in [-0.2, -0.15) is 0 Å². The predicted octanol–water partition coefficient (Wildman–Crippen LogP) is 1.04. The molecule has 1 aromatic rings. The Morgan fingerprint density at radius 3 is 3.20 bits per heavy atom. The minimum absolute atomic E-state index is 0.373. The summed E-state index contributed by atoms with van der Waals surface area (Å²) in [4.78, 5) is 4.01. The molecule has 2 unspecified atom stereocenters. The third-order valence-corrected chi connectivity index (χ3v) is 2.94. The maximum Gasteiger partial charge on any atom is 0.0945 e. The molecule has 2 heterocycles. The number of imidazole rings is 1. The van der Waals surface area contributed by atoms with Crippen molar-refractivity contribution < 1.29 is 4.74 Å². The van der Waals surface area contributed by atoms with Gasteiger partial charge in [-0.15, -0.1) is 0 Å². The van der Waals surface area contributed by atoms with Crippen molar-refractivity contribution in [3.05, 3.63) is 18.7 Å². The van der Waals surface area contributed by atoms with Crippen LogP contribution in [0.1, 0.15) is 19.8 Å². The van der Waals surface area contributed by atoms with E-state index in [0.717, 1.165) is 32.5 Å². The van der Waals surface area contributed by atoms with Crippen molar-refractivity contribution >= 4 is 0 Å². The molecule has 1 aromatic heterocycles. The van der Waals surface area contributed by atoms with Crippen LogP contribution in [0.3, 0.4) is 0 Å². The van der Waals surface area contributed by atoms with Gasteiger partial charge in [-0.25, -0.2) is 4.98 Å². The zero-order valence-corrected chi connectivity index (χ0v) is 9.22. The Morgan fingerprint density at radius 1 is 1.60 bits per heavy atom. The molecular formula is C11H19N3O. The molecular weight excluding hydrogens is 190 g/mol. The zero-order chi connectivity index (χ0) is 10.5. The van der Waals surface area contributed by atoms with Crippen molar-refractivity contribution in [3.63, 3.8) is 0 Å². The molecule has 1 fully saturated rings. The second-order valence-electron chi connectivity index (χ2n) is 4.08. The van der Waals surface area contributed by atoms with E-state index in [1.165, 1.54) is 0 Å². The van der Waals surface area contributed by atoms with Crippen molar-refractivity contribution in [3.8, 4) is 0 Å². The molecule has 1 aliphatic rings. The van der Waals surface area contributed by atoms with Gasteiger partial charge in [0.25, 0.3) is 0 Å². The number of hydrogen-bond acceptors (Lipinski definition) is 3. The van der Waals surface area contributed by atoms with Crippen LogP contribution in [0.15, 0.2) is 18.7 Å². The van der Waals surface area contributed by atoms with E-state index in [0.29, 0.717) is 12.1 Å². The van der Waals surface area contributed by atoms with Crippen molar-refractivity contribution in [1.29, 1.82) is 0 Å². The van der Waals surface area contributed by atoms with Crippen molar-refractivity contribution in [2.24, 2.45) is 0 Å². The van der Waals surface area contributed by atoms with Crippen LogP contribution in [0.2, 0.25) is 0 Å². The number of ether oxygens (including phenoxy) is 1. The summed E-state index contributed by atoms with van der Waals surface area (Å²) in [6, 6.07) is 0.549. The molecule has 2 atom stereocenters. The summed E-state index contributed by atoms with van der Waals surface area (Å²) in [5.41, 5.74) is 0. The molecule has 0 saturated carbocycles. The third kappa shape index (κ3) is 3.04. The van der Waals surface area contributed by atoms with Crippen molar-refractivity contribution in [1.82, 2.24) is 14.9 Å². The average Bonchev–Trinajstić information content (AvgIpc) is 2.85. The highest BCUT2D eigenvalue weighted by Gasteiger charge is 2.22. The summed E-state index contributed by atoms with van der Waals surface area (Å²) in [6.07, 6.45) is 8.34. The second-order valence-corrected chi connectivity index (χ2v) is 4.08. The fourth-order valence-electron chi connectivity index (χ4n) is 1.97. The summed E-state index contributed by atoms with van der Waals surface area (Å²) >= 11 is 0. The molecule has 0 aromatic carbocycles. The van der Waals surface area contributed by atoms with Crippen LogP contribution < -0.4 is 5.32 Å². The van der Waals surface area contributed by atoms with Crippen LogP contribution in [0.4, 0.5) is 0 Å². The maximum absolute atomic E-state index is 5.49. The average molecular weight is 209 g/mol. The fraction of sp³-hybridized carbons (Fsp3) is 0.727. The first kappa shape index (κ1) is 10.6. The van der Waals surface area contributed by atoms with Crippen LogP contribution in [-0.2, 0) is 11.3 Å². The summed E-state index contributed by atoms with van der Waals surface area (Å²) in [5, 5.41) is 3.54. The normalized spacial score (nSPS) is 25.9. The van der Waals surface area contributed by atoms with Crippen LogP contribution in [0, 0.1) is 0 Å².